The van der Waals surface area contributed by atoms with Crippen LogP contribution in [0, 0.1) is 5.92 Å². The first-order valence-corrected chi connectivity index (χ1v) is 11.4. The fourth-order valence-corrected chi connectivity index (χ4v) is 4.92. The van der Waals surface area contributed by atoms with Gasteiger partial charge in [-0.1, -0.05) is 60.7 Å². The summed E-state index contributed by atoms with van der Waals surface area (Å²) < 4.78 is 10.4. The molecule has 2 aliphatic heterocycles. The molecule has 0 aromatic heterocycles. The molecular weight excluding hydrogens is 434 g/mol. The molecule has 0 spiro atoms. The largest absolute Gasteiger partial charge is 0.467 e. The summed E-state index contributed by atoms with van der Waals surface area (Å²) in [4.78, 5) is 40.6. The first kappa shape index (κ1) is 23.5. The third-order valence-electron chi connectivity index (χ3n) is 6.45. The van der Waals surface area contributed by atoms with Crippen molar-refractivity contribution in [2.45, 2.75) is 38.0 Å². The Kier molecular flexibility index (Phi) is 7.27. The highest BCUT2D eigenvalue weighted by Crippen LogP contribution is 2.42. The van der Waals surface area contributed by atoms with Crippen LogP contribution in [-0.2, 0) is 25.7 Å². The highest BCUT2D eigenvalue weighted by atomic mass is 16.5. The Morgan fingerprint density at radius 3 is 2.41 bits per heavy atom. The number of hydrogen-bond acceptors (Lipinski definition) is 6. The minimum absolute atomic E-state index is 0.0739. The highest BCUT2D eigenvalue weighted by Gasteiger charge is 2.51. The summed E-state index contributed by atoms with van der Waals surface area (Å²) in [6.45, 7) is 0.479. The van der Waals surface area contributed by atoms with Gasteiger partial charge in [0.1, 0.15) is 18.3 Å². The maximum Gasteiger partial charge on any atom is 0.412 e. The molecule has 3 N–H and O–H groups in total. The van der Waals surface area contributed by atoms with E-state index in [1.807, 2.05) is 60.7 Å². The second-order valence-corrected chi connectivity index (χ2v) is 8.52. The molecule has 4 rings (SSSR count). The van der Waals surface area contributed by atoms with Crippen molar-refractivity contribution in [2.24, 2.45) is 11.7 Å². The lowest BCUT2D eigenvalue weighted by Gasteiger charge is -2.36. The number of ether oxygens (including phenoxy) is 2. The van der Waals surface area contributed by atoms with Crippen LogP contribution in [0.4, 0.5) is 4.79 Å². The van der Waals surface area contributed by atoms with E-state index >= 15 is 0 Å². The van der Waals surface area contributed by atoms with Gasteiger partial charge in [-0.15, -0.1) is 0 Å². The SMILES string of the molecule is COC(=O)[C@@H]1[C@@H](CCN)C[C@@H]2CC(c3ccccc3)=C(NC(=O)OCc3ccccc3)C(=O)N21. The van der Waals surface area contributed by atoms with Gasteiger partial charge in [0.05, 0.1) is 7.11 Å². The standard InChI is InChI=1S/C26H29N3O5/c1-33-25(31)23-19(12-13-27)14-20-15-21(18-10-6-3-7-11-18)22(24(30)29(20)23)28-26(32)34-16-17-8-4-2-5-9-17/h2-11,19-20,23H,12-16,27H2,1H3,(H,28,32)/t19-,20+,23-/m0/s1. The number of alkyl carbamates (subject to hydrolysis) is 1. The lowest BCUT2D eigenvalue weighted by molar-refractivity contribution is -0.152. The molecule has 1 fully saturated rings. The summed E-state index contributed by atoms with van der Waals surface area (Å²) in [6, 6.07) is 17.8. The molecule has 0 bridgehead atoms. The molecule has 178 valence electrons. The van der Waals surface area contributed by atoms with Gasteiger partial charge >= 0.3 is 12.1 Å². The van der Waals surface area contributed by atoms with E-state index in [1.54, 1.807) is 4.90 Å². The summed E-state index contributed by atoms with van der Waals surface area (Å²) in [5, 5.41) is 2.67. The van der Waals surface area contributed by atoms with Crippen LogP contribution in [0.2, 0.25) is 0 Å². The maximum atomic E-state index is 13.7. The predicted octanol–water partition coefficient (Wildman–Crippen LogP) is 2.84. The molecule has 3 atom stereocenters. The molecule has 0 unspecified atom stereocenters. The Balaban J connectivity index is 1.63. The number of rotatable bonds is 7. The van der Waals surface area contributed by atoms with Crippen molar-refractivity contribution >= 4 is 23.5 Å². The summed E-state index contributed by atoms with van der Waals surface area (Å²) in [5.41, 5.74) is 8.31. The number of carbonyl (C=O) groups excluding carboxylic acids is 3. The molecule has 1 saturated heterocycles. The summed E-state index contributed by atoms with van der Waals surface area (Å²) in [7, 11) is 1.31. The zero-order valence-corrected chi connectivity index (χ0v) is 19.1. The van der Waals surface area contributed by atoms with Crippen molar-refractivity contribution in [3.63, 3.8) is 0 Å². The third kappa shape index (κ3) is 4.82. The second kappa shape index (κ2) is 10.5. The van der Waals surface area contributed by atoms with E-state index in [1.165, 1.54) is 7.11 Å². The smallest absolute Gasteiger partial charge is 0.412 e. The Morgan fingerprint density at radius 2 is 1.76 bits per heavy atom. The molecule has 2 aromatic rings. The van der Waals surface area contributed by atoms with Crippen molar-refractivity contribution in [2.75, 3.05) is 13.7 Å². The average molecular weight is 464 g/mol. The number of benzene rings is 2. The van der Waals surface area contributed by atoms with E-state index < -0.39 is 24.0 Å². The number of methoxy groups -OCH3 is 1. The van der Waals surface area contributed by atoms with Crippen LogP contribution in [0.1, 0.15) is 30.4 Å². The number of esters is 1. The molecule has 0 radical (unpaired) electrons. The predicted molar refractivity (Wildman–Crippen MR) is 126 cm³/mol. The van der Waals surface area contributed by atoms with E-state index in [0.29, 0.717) is 25.8 Å². The molecule has 2 aromatic carbocycles. The summed E-state index contributed by atoms with van der Waals surface area (Å²) >= 11 is 0. The molecule has 0 aliphatic carbocycles. The van der Waals surface area contributed by atoms with Crippen LogP contribution in [-0.4, -0.2) is 48.6 Å². The molecule has 0 saturated carbocycles. The first-order valence-electron chi connectivity index (χ1n) is 11.4. The number of carbonyl (C=O) groups is 3. The van der Waals surface area contributed by atoms with E-state index in [-0.39, 0.29) is 24.3 Å². The zero-order chi connectivity index (χ0) is 24.1. The third-order valence-corrected chi connectivity index (χ3v) is 6.45. The zero-order valence-electron chi connectivity index (χ0n) is 19.1. The lowest BCUT2D eigenvalue weighted by atomic mass is 9.90. The van der Waals surface area contributed by atoms with Crippen LogP contribution in [0.25, 0.3) is 5.57 Å². The van der Waals surface area contributed by atoms with Crippen molar-refractivity contribution in [1.29, 1.82) is 0 Å². The van der Waals surface area contributed by atoms with Gasteiger partial charge in [-0.2, -0.15) is 0 Å². The van der Waals surface area contributed by atoms with E-state index in [2.05, 4.69) is 5.32 Å². The number of fused-ring (bicyclic) bond motifs is 1. The van der Waals surface area contributed by atoms with Crippen LogP contribution < -0.4 is 11.1 Å². The first-order chi connectivity index (χ1) is 16.5. The Hall–Kier alpha value is -3.65. The molecule has 34 heavy (non-hydrogen) atoms. The van der Waals surface area contributed by atoms with Crippen molar-refractivity contribution < 1.29 is 23.9 Å². The monoisotopic (exact) mass is 463 g/mol. The van der Waals surface area contributed by atoms with Crippen molar-refractivity contribution in [3.8, 4) is 0 Å². The number of amides is 2. The molecule has 8 heteroatoms. The summed E-state index contributed by atoms with van der Waals surface area (Å²) in [6.07, 6.45) is 1.01. The fourth-order valence-electron chi connectivity index (χ4n) is 4.92. The minimum atomic E-state index is -0.736. The van der Waals surface area contributed by atoms with Crippen LogP contribution >= 0.6 is 0 Å². The fraction of sp³-hybridized carbons (Fsp3) is 0.346. The highest BCUT2D eigenvalue weighted by molar-refractivity contribution is 6.06. The Morgan fingerprint density at radius 1 is 1.09 bits per heavy atom. The number of nitrogens with one attached hydrogen (secondary N) is 1. The quantitative estimate of drug-likeness (QED) is 0.611. The van der Waals surface area contributed by atoms with Gasteiger partial charge in [0, 0.05) is 6.04 Å². The Bertz CT molecular complexity index is 1070. The van der Waals surface area contributed by atoms with Gasteiger partial charge in [-0.3, -0.25) is 10.1 Å². The van der Waals surface area contributed by atoms with Crippen molar-refractivity contribution in [3.05, 3.63) is 77.5 Å². The van der Waals surface area contributed by atoms with Gasteiger partial charge in [-0.05, 0) is 48.4 Å². The van der Waals surface area contributed by atoms with Crippen molar-refractivity contribution in [1.82, 2.24) is 10.2 Å². The normalized spacial score (nSPS) is 21.8. The average Bonchev–Trinajstić information content (AvgIpc) is 3.23. The van der Waals surface area contributed by atoms with Gasteiger partial charge in [0.15, 0.2) is 0 Å². The summed E-state index contributed by atoms with van der Waals surface area (Å²) in [5.74, 6) is -0.988. The number of nitrogens with two attached hydrogens (primary N) is 1. The minimum Gasteiger partial charge on any atom is -0.467 e. The van der Waals surface area contributed by atoms with Gasteiger partial charge < -0.3 is 20.1 Å². The van der Waals surface area contributed by atoms with E-state index in [0.717, 1.165) is 16.7 Å². The maximum absolute atomic E-state index is 13.7. The molecule has 2 aliphatic rings. The molecular formula is C26H29N3O5. The van der Waals surface area contributed by atoms with Gasteiger partial charge in [-0.25, -0.2) is 9.59 Å². The number of hydrogen-bond donors (Lipinski definition) is 2. The Labute approximate surface area is 198 Å². The van der Waals surface area contributed by atoms with E-state index in [9.17, 15) is 14.4 Å². The van der Waals surface area contributed by atoms with Crippen LogP contribution in [0.3, 0.4) is 0 Å². The number of nitrogens with zero attached hydrogens (tertiary/aromatic N) is 1. The van der Waals surface area contributed by atoms with Crippen LogP contribution in [0.5, 0.6) is 0 Å². The second-order valence-electron chi connectivity index (χ2n) is 8.52. The topological polar surface area (TPSA) is 111 Å². The van der Waals surface area contributed by atoms with Gasteiger partial charge in [0.2, 0.25) is 0 Å². The van der Waals surface area contributed by atoms with Gasteiger partial charge in [0.25, 0.3) is 5.91 Å². The van der Waals surface area contributed by atoms with E-state index in [4.69, 9.17) is 15.2 Å². The molecule has 2 heterocycles. The molecule has 8 nitrogen and oxygen atoms in total. The molecule has 2 amide bonds. The van der Waals surface area contributed by atoms with Crippen LogP contribution in [0.15, 0.2) is 66.4 Å². The lowest BCUT2D eigenvalue weighted by Crippen LogP contribution is -2.52.